The molecule has 132 valence electrons. The normalized spacial score (nSPS) is 37.4. The van der Waals surface area contributed by atoms with E-state index in [0.29, 0.717) is 0 Å². The van der Waals surface area contributed by atoms with Crippen LogP contribution in [0.3, 0.4) is 0 Å². The molecule has 5 heteroatoms. The Balaban J connectivity index is 2.08. The Morgan fingerprint density at radius 2 is 2.00 bits per heavy atom. The molecule has 1 fully saturated rings. The van der Waals surface area contributed by atoms with Crippen LogP contribution in [0, 0.1) is 0 Å². The third kappa shape index (κ3) is 3.86. The highest BCUT2D eigenvalue weighted by Crippen LogP contribution is 2.37. The summed E-state index contributed by atoms with van der Waals surface area (Å²) in [5.74, 6) is -2.10. The van der Waals surface area contributed by atoms with Crippen LogP contribution in [-0.2, 0) is 18.9 Å². The second kappa shape index (κ2) is 7.45. The molecule has 1 N–H and O–H groups in total. The van der Waals surface area contributed by atoms with Crippen LogP contribution >= 0.6 is 0 Å². The molecule has 2 aliphatic rings. The molecular weight excluding hydrogens is 296 g/mol. The quantitative estimate of drug-likeness (QED) is 0.842. The summed E-state index contributed by atoms with van der Waals surface area (Å²) in [7, 11) is 3.10. The first-order chi connectivity index (χ1) is 10.8. The van der Waals surface area contributed by atoms with Crippen LogP contribution in [0.15, 0.2) is 23.3 Å². The number of rotatable bonds is 5. The Hall–Kier alpha value is -0.720. The van der Waals surface area contributed by atoms with Crippen molar-refractivity contribution in [2.75, 3.05) is 20.8 Å². The fourth-order valence-corrected chi connectivity index (χ4v) is 3.12. The highest BCUT2D eigenvalue weighted by atomic mass is 16.8. The van der Waals surface area contributed by atoms with Gasteiger partial charge in [0.25, 0.3) is 0 Å². The van der Waals surface area contributed by atoms with E-state index in [1.807, 2.05) is 13.0 Å². The summed E-state index contributed by atoms with van der Waals surface area (Å²) in [6.45, 7) is 5.81. The summed E-state index contributed by atoms with van der Waals surface area (Å²) in [6, 6.07) is 0. The highest BCUT2D eigenvalue weighted by molar-refractivity contribution is 5.31. The molecule has 0 spiro atoms. The van der Waals surface area contributed by atoms with Crippen molar-refractivity contribution in [1.82, 2.24) is 0 Å². The van der Waals surface area contributed by atoms with Gasteiger partial charge in [0.15, 0.2) is 0 Å². The lowest BCUT2D eigenvalue weighted by Gasteiger charge is -2.49. The summed E-state index contributed by atoms with van der Waals surface area (Å²) in [5.41, 5.74) is 2.43. The van der Waals surface area contributed by atoms with Gasteiger partial charge in [0.1, 0.15) is 12.2 Å². The minimum absolute atomic E-state index is 0.243. The molecule has 5 nitrogen and oxygen atoms in total. The maximum absolute atomic E-state index is 10.5. The smallest absolute Gasteiger partial charge is 0.220 e. The number of ether oxygens (including phenoxy) is 4. The van der Waals surface area contributed by atoms with Crippen LogP contribution in [0.5, 0.6) is 0 Å². The van der Waals surface area contributed by atoms with Crippen molar-refractivity contribution in [1.29, 1.82) is 0 Å². The molecule has 4 atom stereocenters. The maximum Gasteiger partial charge on any atom is 0.220 e. The Morgan fingerprint density at radius 1 is 1.30 bits per heavy atom. The number of aliphatic hydroxyl groups excluding tert-OH is 1. The minimum Gasteiger partial charge on any atom is -0.386 e. The fourth-order valence-electron chi connectivity index (χ4n) is 3.12. The second-order valence-electron chi connectivity index (χ2n) is 6.58. The summed E-state index contributed by atoms with van der Waals surface area (Å²) < 4.78 is 22.7. The molecule has 1 aliphatic carbocycles. The molecule has 0 aromatic carbocycles. The van der Waals surface area contributed by atoms with Gasteiger partial charge in [-0.2, -0.15) is 0 Å². The standard InChI is InChI=1S/C18H30O5/c1-13(14-9-7-6-8-10-14)11-15(19)16-12-22-17(2,20-4)18(3,21-5)23-16/h9,11,15-16,19H,6-8,10,12H2,1-5H3/b13-11+/t15-,16+,17-,18-/m1/s1. The van der Waals surface area contributed by atoms with E-state index in [1.54, 1.807) is 28.1 Å². The van der Waals surface area contributed by atoms with Crippen LogP contribution in [0.2, 0.25) is 0 Å². The summed E-state index contributed by atoms with van der Waals surface area (Å²) in [5, 5.41) is 10.5. The molecule has 0 aromatic rings. The zero-order chi connectivity index (χ0) is 17.1. The number of hydrogen-bond donors (Lipinski definition) is 1. The third-order valence-corrected chi connectivity index (χ3v) is 5.10. The molecular formula is C18H30O5. The number of allylic oxidation sites excluding steroid dienone is 3. The second-order valence-corrected chi connectivity index (χ2v) is 6.58. The summed E-state index contributed by atoms with van der Waals surface area (Å²) >= 11 is 0. The van der Waals surface area contributed by atoms with Crippen molar-refractivity contribution in [3.05, 3.63) is 23.3 Å². The first kappa shape index (κ1) is 18.6. The van der Waals surface area contributed by atoms with Crippen molar-refractivity contribution < 1.29 is 24.1 Å². The van der Waals surface area contributed by atoms with Gasteiger partial charge in [0, 0.05) is 14.2 Å². The van der Waals surface area contributed by atoms with Gasteiger partial charge in [-0.3, -0.25) is 0 Å². The monoisotopic (exact) mass is 326 g/mol. The molecule has 0 bridgehead atoms. The number of hydrogen-bond acceptors (Lipinski definition) is 5. The van der Waals surface area contributed by atoms with Crippen LogP contribution in [0.1, 0.15) is 46.5 Å². The molecule has 23 heavy (non-hydrogen) atoms. The Bertz CT molecular complexity index is 472. The average molecular weight is 326 g/mol. The van der Waals surface area contributed by atoms with E-state index in [1.165, 1.54) is 18.4 Å². The minimum atomic E-state index is -1.09. The molecule has 0 radical (unpaired) electrons. The highest BCUT2D eigenvalue weighted by Gasteiger charge is 2.54. The van der Waals surface area contributed by atoms with Crippen LogP contribution < -0.4 is 0 Å². The molecule has 2 rings (SSSR count). The Kier molecular flexibility index (Phi) is 6.03. The van der Waals surface area contributed by atoms with Crippen molar-refractivity contribution in [3.63, 3.8) is 0 Å². The topological polar surface area (TPSA) is 57.2 Å². The molecule has 1 aliphatic heterocycles. The van der Waals surface area contributed by atoms with E-state index < -0.39 is 23.8 Å². The lowest BCUT2D eigenvalue weighted by molar-refractivity contribution is -0.435. The van der Waals surface area contributed by atoms with E-state index in [4.69, 9.17) is 18.9 Å². The average Bonchev–Trinajstić information content (AvgIpc) is 2.58. The Labute approximate surface area is 139 Å². The van der Waals surface area contributed by atoms with Gasteiger partial charge in [-0.25, -0.2) is 0 Å². The van der Waals surface area contributed by atoms with Crippen LogP contribution in [0.4, 0.5) is 0 Å². The first-order valence-corrected chi connectivity index (χ1v) is 8.33. The van der Waals surface area contributed by atoms with Crippen LogP contribution in [0.25, 0.3) is 0 Å². The van der Waals surface area contributed by atoms with Gasteiger partial charge >= 0.3 is 0 Å². The van der Waals surface area contributed by atoms with Crippen LogP contribution in [-0.4, -0.2) is 49.7 Å². The molecule has 0 amide bonds. The Morgan fingerprint density at radius 3 is 2.57 bits per heavy atom. The maximum atomic E-state index is 10.5. The van der Waals surface area contributed by atoms with Gasteiger partial charge in [0.2, 0.25) is 11.6 Å². The van der Waals surface area contributed by atoms with Crippen molar-refractivity contribution in [3.8, 4) is 0 Å². The molecule has 1 heterocycles. The van der Waals surface area contributed by atoms with Gasteiger partial charge in [-0.15, -0.1) is 0 Å². The fraction of sp³-hybridized carbons (Fsp3) is 0.778. The lowest BCUT2D eigenvalue weighted by Crippen LogP contribution is -2.63. The lowest BCUT2D eigenvalue weighted by atomic mass is 9.93. The van der Waals surface area contributed by atoms with E-state index in [9.17, 15) is 5.11 Å². The van der Waals surface area contributed by atoms with E-state index in [2.05, 4.69) is 6.08 Å². The third-order valence-electron chi connectivity index (χ3n) is 5.10. The van der Waals surface area contributed by atoms with Gasteiger partial charge in [-0.05, 0) is 57.6 Å². The van der Waals surface area contributed by atoms with Gasteiger partial charge in [0.05, 0.1) is 6.61 Å². The van der Waals surface area contributed by atoms with Crippen molar-refractivity contribution in [2.24, 2.45) is 0 Å². The summed E-state index contributed by atoms with van der Waals surface area (Å²) in [6.07, 6.45) is 7.53. The molecule has 0 saturated carbocycles. The molecule has 0 unspecified atom stereocenters. The zero-order valence-electron chi connectivity index (χ0n) is 14.9. The predicted molar refractivity (Wildman–Crippen MR) is 88.0 cm³/mol. The van der Waals surface area contributed by atoms with Gasteiger partial charge < -0.3 is 24.1 Å². The zero-order valence-corrected chi connectivity index (χ0v) is 14.9. The van der Waals surface area contributed by atoms with E-state index in [0.717, 1.165) is 18.4 Å². The SMILES string of the molecule is CO[C@]1(C)OC[C@@H]([C@H](O)/C=C(\C)C2=CCCCC2)O[C@@]1(C)OC. The predicted octanol–water partition coefficient (Wildman–Crippen LogP) is 2.93. The molecule has 1 saturated heterocycles. The largest absolute Gasteiger partial charge is 0.386 e. The van der Waals surface area contributed by atoms with E-state index >= 15 is 0 Å². The summed E-state index contributed by atoms with van der Waals surface area (Å²) in [4.78, 5) is 0. The number of aliphatic hydroxyl groups is 1. The van der Waals surface area contributed by atoms with Gasteiger partial charge in [-0.1, -0.05) is 12.2 Å². The number of methoxy groups -OCH3 is 2. The first-order valence-electron chi connectivity index (χ1n) is 8.33. The molecule has 0 aromatic heterocycles. The van der Waals surface area contributed by atoms with Crippen molar-refractivity contribution >= 4 is 0 Å². The van der Waals surface area contributed by atoms with Crippen molar-refractivity contribution in [2.45, 2.75) is 70.2 Å². The van der Waals surface area contributed by atoms with E-state index in [-0.39, 0.29) is 6.61 Å².